The summed E-state index contributed by atoms with van der Waals surface area (Å²) in [6.45, 7) is 0. The lowest BCUT2D eigenvalue weighted by Gasteiger charge is -2.25. The summed E-state index contributed by atoms with van der Waals surface area (Å²) < 4.78 is 6.89. The summed E-state index contributed by atoms with van der Waals surface area (Å²) in [6, 6.07) is 5.91. The first-order valence-electron chi connectivity index (χ1n) is 5.64. The van der Waals surface area contributed by atoms with Gasteiger partial charge in [0.05, 0.1) is 0 Å². The zero-order chi connectivity index (χ0) is 11.8. The molecule has 2 nitrogen and oxygen atoms in total. The van der Waals surface area contributed by atoms with E-state index in [4.69, 9.17) is 4.74 Å². The Hall–Kier alpha value is -1.35. The summed E-state index contributed by atoms with van der Waals surface area (Å²) in [5, 5.41) is 0. The topological polar surface area (TPSA) is 26.3 Å². The highest BCUT2D eigenvalue weighted by Gasteiger charge is 2.23. The number of hydrogen-bond donors (Lipinski definition) is 0. The highest BCUT2D eigenvalue weighted by Crippen LogP contribution is 2.39. The third-order valence-corrected chi connectivity index (χ3v) is 3.62. The molecular formula is C14H11BrO2. The molecule has 3 rings (SSSR count). The summed E-state index contributed by atoms with van der Waals surface area (Å²) >= 11 is 3.45. The van der Waals surface area contributed by atoms with E-state index in [0.717, 1.165) is 58.2 Å². The molecule has 0 saturated carbocycles. The maximum absolute atomic E-state index is 11.0. The van der Waals surface area contributed by atoms with Gasteiger partial charge in [0.25, 0.3) is 0 Å². The molecule has 1 aliphatic carbocycles. The number of aldehydes is 1. The van der Waals surface area contributed by atoms with Gasteiger partial charge in [0.15, 0.2) is 0 Å². The third kappa shape index (κ3) is 1.84. The molecule has 0 bridgehead atoms. The smallest absolute Gasteiger partial charge is 0.149 e. The molecule has 86 valence electrons. The van der Waals surface area contributed by atoms with Gasteiger partial charge in [-0.25, -0.2) is 0 Å². The number of carbonyl (C=O) groups is 1. The highest BCUT2D eigenvalue weighted by molar-refractivity contribution is 9.10. The second kappa shape index (κ2) is 4.15. The Kier molecular flexibility index (Phi) is 2.63. The van der Waals surface area contributed by atoms with Gasteiger partial charge in [0, 0.05) is 15.6 Å². The van der Waals surface area contributed by atoms with E-state index in [1.165, 1.54) is 0 Å². The van der Waals surface area contributed by atoms with Crippen molar-refractivity contribution >= 4 is 28.3 Å². The predicted octanol–water partition coefficient (Wildman–Crippen LogP) is 3.86. The first-order chi connectivity index (χ1) is 8.28. The summed E-state index contributed by atoms with van der Waals surface area (Å²) in [7, 11) is 0. The van der Waals surface area contributed by atoms with Crippen molar-refractivity contribution < 1.29 is 9.53 Å². The van der Waals surface area contributed by atoms with Gasteiger partial charge in [-0.05, 0) is 49.1 Å². The van der Waals surface area contributed by atoms with Gasteiger partial charge >= 0.3 is 0 Å². The van der Waals surface area contributed by atoms with Crippen molar-refractivity contribution in [1.82, 2.24) is 0 Å². The average molecular weight is 291 g/mol. The van der Waals surface area contributed by atoms with E-state index in [-0.39, 0.29) is 0 Å². The maximum Gasteiger partial charge on any atom is 0.149 e. The minimum Gasteiger partial charge on any atom is -0.456 e. The van der Waals surface area contributed by atoms with Crippen LogP contribution in [0.3, 0.4) is 0 Å². The normalized spacial score (nSPS) is 17.8. The fraction of sp³-hybridized carbons (Fsp3) is 0.214. The molecule has 0 amide bonds. The highest BCUT2D eigenvalue weighted by atomic mass is 79.9. The first kappa shape index (κ1) is 10.8. The lowest BCUT2D eigenvalue weighted by Crippen LogP contribution is -2.13. The van der Waals surface area contributed by atoms with Crippen LogP contribution < -0.4 is 4.74 Å². The molecule has 0 aromatic heterocycles. The van der Waals surface area contributed by atoms with Crippen molar-refractivity contribution in [1.29, 1.82) is 0 Å². The fourth-order valence-electron chi connectivity index (χ4n) is 2.31. The van der Waals surface area contributed by atoms with E-state index in [9.17, 15) is 4.79 Å². The Morgan fingerprint density at radius 1 is 1.29 bits per heavy atom. The largest absolute Gasteiger partial charge is 0.456 e. The molecule has 3 heteroatoms. The van der Waals surface area contributed by atoms with Crippen LogP contribution in [0.5, 0.6) is 5.75 Å². The van der Waals surface area contributed by atoms with Crippen LogP contribution in [0.1, 0.15) is 24.8 Å². The van der Waals surface area contributed by atoms with E-state index in [2.05, 4.69) is 22.0 Å². The van der Waals surface area contributed by atoms with Crippen LogP contribution in [0.4, 0.5) is 0 Å². The van der Waals surface area contributed by atoms with Crippen LogP contribution in [0, 0.1) is 0 Å². The maximum atomic E-state index is 11.0. The molecular weight excluding hydrogens is 280 g/mol. The average Bonchev–Trinajstić information content (AvgIpc) is 2.35. The molecule has 0 spiro atoms. The van der Waals surface area contributed by atoms with Gasteiger partial charge in [0.1, 0.15) is 17.8 Å². The number of rotatable bonds is 1. The van der Waals surface area contributed by atoms with Crippen molar-refractivity contribution in [2.24, 2.45) is 0 Å². The quantitative estimate of drug-likeness (QED) is 0.734. The Labute approximate surface area is 108 Å². The van der Waals surface area contributed by atoms with E-state index in [1.54, 1.807) is 0 Å². The minimum atomic E-state index is 0.779. The number of benzene rings is 1. The van der Waals surface area contributed by atoms with Crippen LogP contribution in [0.25, 0.3) is 6.08 Å². The van der Waals surface area contributed by atoms with Crippen LogP contribution in [0.2, 0.25) is 0 Å². The summed E-state index contributed by atoms with van der Waals surface area (Å²) in [6.07, 6.45) is 5.88. The van der Waals surface area contributed by atoms with Crippen molar-refractivity contribution in [3.63, 3.8) is 0 Å². The van der Waals surface area contributed by atoms with Gasteiger partial charge < -0.3 is 4.74 Å². The molecule has 1 aromatic carbocycles. The van der Waals surface area contributed by atoms with Gasteiger partial charge in [0.2, 0.25) is 0 Å². The second-order valence-corrected chi connectivity index (χ2v) is 5.20. The zero-order valence-corrected chi connectivity index (χ0v) is 10.8. The van der Waals surface area contributed by atoms with Crippen molar-refractivity contribution in [3.05, 3.63) is 45.1 Å². The van der Waals surface area contributed by atoms with Crippen LogP contribution in [-0.2, 0) is 4.79 Å². The SMILES string of the molecule is O=CC1=C2Oc3ccc(Br)cc3C=C2CCC1. The summed E-state index contributed by atoms with van der Waals surface area (Å²) in [4.78, 5) is 11.0. The van der Waals surface area contributed by atoms with E-state index in [0.29, 0.717) is 0 Å². The molecule has 0 saturated heterocycles. The Morgan fingerprint density at radius 3 is 3.00 bits per heavy atom. The standard InChI is InChI=1S/C14H11BrO2/c15-12-4-5-13-11(7-12)6-9-2-1-3-10(8-16)14(9)17-13/h4-8H,1-3H2. The molecule has 1 heterocycles. The molecule has 0 atom stereocenters. The van der Waals surface area contributed by atoms with Crippen molar-refractivity contribution in [2.45, 2.75) is 19.3 Å². The van der Waals surface area contributed by atoms with Crippen LogP contribution in [0.15, 0.2) is 39.6 Å². The van der Waals surface area contributed by atoms with Crippen molar-refractivity contribution in [3.8, 4) is 5.75 Å². The van der Waals surface area contributed by atoms with Gasteiger partial charge in [-0.15, -0.1) is 0 Å². The number of carbonyl (C=O) groups excluding carboxylic acids is 1. The molecule has 2 aliphatic rings. The van der Waals surface area contributed by atoms with E-state index in [1.807, 2.05) is 18.2 Å². The molecule has 1 aromatic rings. The number of hydrogen-bond acceptors (Lipinski definition) is 2. The van der Waals surface area contributed by atoms with Gasteiger partial charge in [-0.3, -0.25) is 4.79 Å². The first-order valence-corrected chi connectivity index (χ1v) is 6.44. The monoisotopic (exact) mass is 290 g/mol. The molecule has 0 fully saturated rings. The van der Waals surface area contributed by atoms with Crippen LogP contribution in [-0.4, -0.2) is 6.29 Å². The fourth-order valence-corrected chi connectivity index (χ4v) is 2.69. The van der Waals surface area contributed by atoms with E-state index >= 15 is 0 Å². The Morgan fingerprint density at radius 2 is 2.18 bits per heavy atom. The van der Waals surface area contributed by atoms with E-state index < -0.39 is 0 Å². The molecule has 17 heavy (non-hydrogen) atoms. The van der Waals surface area contributed by atoms with Crippen molar-refractivity contribution in [2.75, 3.05) is 0 Å². The number of halogens is 1. The molecule has 0 unspecified atom stereocenters. The number of allylic oxidation sites excluding steroid dienone is 2. The number of fused-ring (bicyclic) bond motifs is 2. The van der Waals surface area contributed by atoms with Crippen LogP contribution >= 0.6 is 15.9 Å². The third-order valence-electron chi connectivity index (χ3n) is 3.13. The lowest BCUT2D eigenvalue weighted by atomic mass is 9.91. The molecule has 0 N–H and O–H groups in total. The van der Waals surface area contributed by atoms with Gasteiger partial charge in [-0.2, -0.15) is 0 Å². The Bertz CT molecular complexity index is 555. The second-order valence-electron chi connectivity index (χ2n) is 4.28. The van der Waals surface area contributed by atoms with Gasteiger partial charge in [-0.1, -0.05) is 15.9 Å². The number of ether oxygens (including phenoxy) is 1. The molecule has 1 aliphatic heterocycles. The zero-order valence-electron chi connectivity index (χ0n) is 9.20. The minimum absolute atomic E-state index is 0.779. The summed E-state index contributed by atoms with van der Waals surface area (Å²) in [5.74, 6) is 1.61. The lowest BCUT2D eigenvalue weighted by molar-refractivity contribution is -0.105. The predicted molar refractivity (Wildman–Crippen MR) is 69.7 cm³/mol. The summed E-state index contributed by atoms with van der Waals surface area (Å²) in [5.41, 5.74) is 3.00. The Balaban J connectivity index is 2.15. The molecule has 0 radical (unpaired) electrons.